The number of carbonyl (C=O) groups excluding carboxylic acids is 1. The second-order valence-electron chi connectivity index (χ2n) is 6.30. The van der Waals surface area contributed by atoms with Crippen molar-refractivity contribution < 1.29 is 9.37 Å². The van der Waals surface area contributed by atoms with E-state index in [1.807, 2.05) is 6.92 Å². The Balaban J connectivity index is 3.40. The van der Waals surface area contributed by atoms with Crippen molar-refractivity contribution in [2.24, 2.45) is 0 Å². The van der Waals surface area contributed by atoms with Crippen LogP contribution in [0.1, 0.15) is 90.9 Å². The Morgan fingerprint density at radius 1 is 0.857 bits per heavy atom. The van der Waals surface area contributed by atoms with E-state index in [0.29, 0.717) is 6.42 Å². The van der Waals surface area contributed by atoms with Crippen molar-refractivity contribution in [2.75, 3.05) is 6.54 Å². The minimum atomic E-state index is 0.194. The fourth-order valence-electron chi connectivity index (χ4n) is 2.44. The molecule has 0 spiro atoms. The molecule has 1 amide bonds. The van der Waals surface area contributed by atoms with Gasteiger partial charge in [-0.15, -0.1) is 6.58 Å². The summed E-state index contributed by atoms with van der Waals surface area (Å²) < 4.78 is 1.63. The van der Waals surface area contributed by atoms with Gasteiger partial charge in [-0.3, -0.25) is 0 Å². The summed E-state index contributed by atoms with van der Waals surface area (Å²) in [6.07, 6.45) is 14.2. The van der Waals surface area contributed by atoms with Crippen LogP contribution in [0.4, 0.5) is 0 Å². The lowest BCUT2D eigenvalue weighted by Gasteiger charge is -2.02. The van der Waals surface area contributed by atoms with Gasteiger partial charge in [0.1, 0.15) is 6.72 Å². The molecule has 2 nitrogen and oxygen atoms in total. The van der Waals surface area contributed by atoms with Crippen molar-refractivity contribution in [3.8, 4) is 0 Å². The fraction of sp³-hybridized carbons (Fsp3) is 0.789. The van der Waals surface area contributed by atoms with Crippen molar-refractivity contribution in [1.29, 1.82) is 0 Å². The van der Waals surface area contributed by atoms with E-state index < -0.39 is 0 Å². The second-order valence-corrected chi connectivity index (χ2v) is 6.30. The lowest BCUT2D eigenvalue weighted by atomic mass is 10.1. The van der Waals surface area contributed by atoms with Crippen molar-refractivity contribution >= 4 is 12.6 Å². The standard InChI is InChI=1S/C19H36NO/c1-5-6-7-8-9-10-11-12-13-16-19(21)20(4)17-14-15-18(2)3/h2,4-17H2,1,3H3/q+1. The average Bonchev–Trinajstić information content (AvgIpc) is 2.44. The molecule has 0 atom stereocenters. The van der Waals surface area contributed by atoms with Crippen LogP contribution >= 0.6 is 0 Å². The summed E-state index contributed by atoms with van der Waals surface area (Å²) in [6, 6.07) is 0. The number of nitrogens with zero attached hydrogens (tertiary/aromatic N) is 1. The van der Waals surface area contributed by atoms with Crippen LogP contribution in [-0.2, 0) is 4.79 Å². The summed E-state index contributed by atoms with van der Waals surface area (Å²) in [7, 11) is 0. The maximum Gasteiger partial charge on any atom is 0.386 e. The van der Waals surface area contributed by atoms with Crippen LogP contribution in [0.2, 0.25) is 0 Å². The van der Waals surface area contributed by atoms with E-state index in [9.17, 15) is 4.79 Å². The summed E-state index contributed by atoms with van der Waals surface area (Å²) in [5.74, 6) is 0.194. The minimum Gasteiger partial charge on any atom is -0.220 e. The second kappa shape index (κ2) is 14.0. The molecule has 2 heteroatoms. The van der Waals surface area contributed by atoms with Crippen molar-refractivity contribution in [3.05, 3.63) is 12.2 Å². The maximum atomic E-state index is 11.9. The van der Waals surface area contributed by atoms with E-state index in [1.165, 1.54) is 56.9 Å². The molecule has 0 rings (SSSR count). The van der Waals surface area contributed by atoms with Crippen LogP contribution in [0.5, 0.6) is 0 Å². The van der Waals surface area contributed by atoms with Crippen LogP contribution in [0.3, 0.4) is 0 Å². The monoisotopic (exact) mass is 294 g/mol. The molecule has 0 aromatic carbocycles. The first-order chi connectivity index (χ1) is 10.1. The van der Waals surface area contributed by atoms with Gasteiger partial charge in [0, 0.05) is 6.42 Å². The van der Waals surface area contributed by atoms with Crippen LogP contribution < -0.4 is 0 Å². The first kappa shape index (κ1) is 20.1. The highest BCUT2D eigenvalue weighted by molar-refractivity contribution is 5.68. The third kappa shape index (κ3) is 13.8. The number of allylic oxidation sites excluding steroid dienone is 1. The van der Waals surface area contributed by atoms with E-state index in [1.54, 1.807) is 4.58 Å². The van der Waals surface area contributed by atoms with Gasteiger partial charge in [-0.05, 0) is 19.8 Å². The van der Waals surface area contributed by atoms with Gasteiger partial charge in [-0.25, -0.2) is 4.79 Å². The van der Waals surface area contributed by atoms with Gasteiger partial charge in [0.2, 0.25) is 0 Å². The molecule has 0 aromatic heterocycles. The number of rotatable bonds is 14. The van der Waals surface area contributed by atoms with Crippen LogP contribution in [0.25, 0.3) is 0 Å². The first-order valence-electron chi connectivity index (χ1n) is 8.83. The zero-order valence-electron chi connectivity index (χ0n) is 14.5. The zero-order chi connectivity index (χ0) is 15.9. The average molecular weight is 295 g/mol. The SMILES string of the molecule is C=C(C)CCC[N+](=C)C(=O)CCCCCCCCCCC. The highest BCUT2D eigenvalue weighted by Crippen LogP contribution is 2.10. The molecule has 0 unspecified atom stereocenters. The van der Waals surface area contributed by atoms with Gasteiger partial charge < -0.3 is 0 Å². The first-order valence-corrected chi connectivity index (χ1v) is 8.83. The van der Waals surface area contributed by atoms with E-state index in [2.05, 4.69) is 20.2 Å². The van der Waals surface area contributed by atoms with Crippen LogP contribution in [0, 0.1) is 0 Å². The van der Waals surface area contributed by atoms with Gasteiger partial charge in [-0.2, -0.15) is 4.58 Å². The lowest BCUT2D eigenvalue weighted by molar-refractivity contribution is -0.442. The van der Waals surface area contributed by atoms with E-state index in [-0.39, 0.29) is 5.91 Å². The van der Waals surface area contributed by atoms with Gasteiger partial charge in [0.15, 0.2) is 6.54 Å². The molecule has 0 radical (unpaired) electrons. The van der Waals surface area contributed by atoms with Crippen molar-refractivity contribution in [1.82, 2.24) is 0 Å². The molecular formula is C19H36NO+. The molecule has 0 fully saturated rings. The molecule has 0 saturated carbocycles. The quantitative estimate of drug-likeness (QED) is 0.179. The predicted octanol–water partition coefficient (Wildman–Crippen LogP) is 5.50. The molecule has 0 heterocycles. The van der Waals surface area contributed by atoms with Gasteiger partial charge in [0.25, 0.3) is 0 Å². The molecule has 0 N–H and O–H groups in total. The Bertz CT molecular complexity index is 307. The van der Waals surface area contributed by atoms with Gasteiger partial charge >= 0.3 is 5.91 Å². The van der Waals surface area contributed by atoms with Gasteiger partial charge in [0.05, 0.1) is 6.42 Å². The summed E-state index contributed by atoms with van der Waals surface area (Å²) in [4.78, 5) is 11.9. The van der Waals surface area contributed by atoms with Crippen molar-refractivity contribution in [2.45, 2.75) is 90.9 Å². The summed E-state index contributed by atoms with van der Waals surface area (Å²) in [6.45, 7) is 12.8. The minimum absolute atomic E-state index is 0.194. The molecule has 0 saturated heterocycles. The number of hydrogen-bond acceptors (Lipinski definition) is 1. The fourth-order valence-corrected chi connectivity index (χ4v) is 2.44. The van der Waals surface area contributed by atoms with Crippen molar-refractivity contribution in [3.63, 3.8) is 0 Å². The highest BCUT2D eigenvalue weighted by Gasteiger charge is 2.13. The number of unbranched alkanes of at least 4 members (excludes halogenated alkanes) is 8. The topological polar surface area (TPSA) is 20.1 Å². The van der Waals surface area contributed by atoms with Crippen LogP contribution in [-0.4, -0.2) is 23.7 Å². The normalized spacial score (nSPS) is 10.6. The third-order valence-corrected chi connectivity index (χ3v) is 3.88. The zero-order valence-corrected chi connectivity index (χ0v) is 14.5. The van der Waals surface area contributed by atoms with E-state index >= 15 is 0 Å². The lowest BCUT2D eigenvalue weighted by Crippen LogP contribution is -2.20. The number of carbonyl (C=O) groups is 1. The summed E-state index contributed by atoms with van der Waals surface area (Å²) in [5, 5.41) is 0. The van der Waals surface area contributed by atoms with Gasteiger partial charge in [-0.1, -0.05) is 63.9 Å². The van der Waals surface area contributed by atoms with E-state index in [0.717, 1.165) is 25.8 Å². The predicted molar refractivity (Wildman–Crippen MR) is 93.1 cm³/mol. The maximum absolute atomic E-state index is 11.9. The molecule has 0 aliphatic rings. The molecule has 0 aliphatic heterocycles. The molecule has 0 bridgehead atoms. The molecular weight excluding hydrogens is 258 g/mol. The molecule has 0 aliphatic carbocycles. The Hall–Kier alpha value is -0.920. The number of amides is 1. The Morgan fingerprint density at radius 3 is 1.90 bits per heavy atom. The molecule has 21 heavy (non-hydrogen) atoms. The molecule has 122 valence electrons. The summed E-state index contributed by atoms with van der Waals surface area (Å²) >= 11 is 0. The largest absolute Gasteiger partial charge is 0.386 e. The highest BCUT2D eigenvalue weighted by atomic mass is 16.2. The Kier molecular flexibility index (Phi) is 13.4. The summed E-state index contributed by atoms with van der Waals surface area (Å²) in [5.41, 5.74) is 1.18. The molecule has 0 aromatic rings. The Labute approximate surface area is 132 Å². The van der Waals surface area contributed by atoms with E-state index in [4.69, 9.17) is 0 Å². The third-order valence-electron chi connectivity index (χ3n) is 3.88. The van der Waals surface area contributed by atoms with Crippen LogP contribution in [0.15, 0.2) is 12.2 Å². The smallest absolute Gasteiger partial charge is 0.220 e. The number of hydrogen-bond donors (Lipinski definition) is 0. The Morgan fingerprint density at radius 2 is 1.38 bits per heavy atom.